The number of methoxy groups -OCH3 is 1. The zero-order valence-electron chi connectivity index (χ0n) is 36.2. The van der Waals surface area contributed by atoms with Gasteiger partial charge in [-0.2, -0.15) is 37.3 Å². The number of anilines is 2. The molecular formula is C48H40N10O7S2. The largest absolute Gasteiger partial charge is 0.495 e. The minimum atomic E-state index is -4.79. The van der Waals surface area contributed by atoms with Crippen molar-refractivity contribution in [1.82, 2.24) is 0 Å². The molecule has 8 rings (SSSR count). The van der Waals surface area contributed by atoms with E-state index in [1.54, 1.807) is 66.7 Å². The van der Waals surface area contributed by atoms with Crippen molar-refractivity contribution < 1.29 is 30.7 Å². The van der Waals surface area contributed by atoms with Gasteiger partial charge >= 0.3 is 0 Å². The van der Waals surface area contributed by atoms with E-state index in [1.807, 2.05) is 45.0 Å². The molecule has 8 aromatic carbocycles. The van der Waals surface area contributed by atoms with Crippen LogP contribution < -0.4 is 16.2 Å². The minimum absolute atomic E-state index is 0.0548. The molecule has 0 saturated heterocycles. The number of azo groups is 4. The van der Waals surface area contributed by atoms with Crippen LogP contribution in [0.1, 0.15) is 16.7 Å². The van der Waals surface area contributed by atoms with E-state index in [1.165, 1.54) is 43.5 Å². The van der Waals surface area contributed by atoms with Gasteiger partial charge in [-0.3, -0.25) is 9.11 Å². The zero-order valence-corrected chi connectivity index (χ0v) is 37.8. The van der Waals surface area contributed by atoms with Crippen LogP contribution >= 0.6 is 0 Å². The lowest BCUT2D eigenvalue weighted by Gasteiger charge is -2.09. The van der Waals surface area contributed by atoms with Gasteiger partial charge in [-0.05, 0) is 122 Å². The van der Waals surface area contributed by atoms with E-state index in [2.05, 4.69) is 40.9 Å². The van der Waals surface area contributed by atoms with Crippen LogP contribution in [-0.4, -0.2) is 33.1 Å². The SMILES string of the molecule is COc1cc(N=Nc2ccc(N=Nc3ccc(-c4ccc(N=Nc5ccc(N=Nc6cc(C)c(N)cc6C)c6ccc(S(=O)(=O)O)cc56)cc4S(=O)(=O)O)cc3)c3ccccc23)c(C)cc1N. The summed E-state index contributed by atoms with van der Waals surface area (Å²) in [6, 6.07) is 36.0. The molecular weight excluding hydrogens is 893 g/mol. The summed E-state index contributed by atoms with van der Waals surface area (Å²) in [5.41, 5.74) is 19.7. The minimum Gasteiger partial charge on any atom is -0.495 e. The molecule has 0 saturated carbocycles. The van der Waals surface area contributed by atoms with E-state index >= 15 is 0 Å². The average Bonchev–Trinajstić information content (AvgIpc) is 3.30. The Morgan fingerprint density at radius 1 is 0.448 bits per heavy atom. The van der Waals surface area contributed by atoms with Crippen LogP contribution in [0, 0.1) is 20.8 Å². The lowest BCUT2D eigenvalue weighted by atomic mass is 10.0. The van der Waals surface area contributed by atoms with Gasteiger partial charge in [0.2, 0.25) is 0 Å². The molecule has 0 spiro atoms. The summed E-state index contributed by atoms with van der Waals surface area (Å²) in [4.78, 5) is -0.828. The Hall–Kier alpha value is -8.10. The third-order valence-electron chi connectivity index (χ3n) is 10.7. The van der Waals surface area contributed by atoms with Gasteiger partial charge in [-0.1, -0.05) is 48.5 Å². The predicted molar refractivity (Wildman–Crippen MR) is 259 cm³/mol. The van der Waals surface area contributed by atoms with Crippen molar-refractivity contribution in [2.75, 3.05) is 18.6 Å². The Kier molecular flexibility index (Phi) is 12.5. The molecule has 0 heterocycles. The van der Waals surface area contributed by atoms with E-state index in [0.717, 1.165) is 33.5 Å². The maximum atomic E-state index is 12.8. The predicted octanol–water partition coefficient (Wildman–Crippen LogP) is 13.9. The second-order valence-electron chi connectivity index (χ2n) is 15.3. The van der Waals surface area contributed by atoms with Gasteiger partial charge in [0, 0.05) is 38.9 Å². The molecule has 17 nitrogen and oxygen atoms in total. The fourth-order valence-corrected chi connectivity index (χ4v) is 8.40. The standard InChI is InChI=1S/C48H40N10O7S2/c1-27-23-45(28(2)21-39(27)49)57-56-43-19-20-44(38-25-33(66(59,60)61)14-16-37(38)43)54-52-32-13-15-34(48(24-32)67(62,63)64)30-9-11-31(12-10-30)51-53-41-17-18-42(36-8-6-5-7-35(36)41)55-58-46-26-47(65-4)40(50)22-29(46)3/h5-26H,49-50H2,1-4H3,(H,59,60,61)(H,62,63,64). The maximum Gasteiger partial charge on any atom is 0.295 e. The summed E-state index contributed by atoms with van der Waals surface area (Å²) in [6.45, 7) is 5.58. The van der Waals surface area contributed by atoms with Crippen molar-refractivity contribution in [2.45, 2.75) is 30.6 Å². The topological polar surface area (TPSA) is 269 Å². The Morgan fingerprint density at radius 2 is 0.940 bits per heavy atom. The molecule has 0 atom stereocenters. The smallest absolute Gasteiger partial charge is 0.295 e. The number of nitrogens with two attached hydrogens (primary N) is 2. The van der Waals surface area contributed by atoms with Gasteiger partial charge in [0.25, 0.3) is 20.2 Å². The van der Waals surface area contributed by atoms with Crippen LogP contribution in [0.3, 0.4) is 0 Å². The summed E-state index contributed by atoms with van der Waals surface area (Å²) >= 11 is 0. The molecule has 8 aromatic rings. The lowest BCUT2D eigenvalue weighted by Crippen LogP contribution is -2.00. The highest BCUT2D eigenvalue weighted by Crippen LogP contribution is 2.40. The number of hydrogen-bond donors (Lipinski definition) is 4. The molecule has 0 aliphatic rings. The average molecular weight is 933 g/mol. The van der Waals surface area contributed by atoms with Gasteiger partial charge < -0.3 is 16.2 Å². The Bertz CT molecular complexity index is 3640. The van der Waals surface area contributed by atoms with Crippen molar-refractivity contribution in [2.24, 2.45) is 40.9 Å². The van der Waals surface area contributed by atoms with Crippen LogP contribution in [0.15, 0.2) is 184 Å². The van der Waals surface area contributed by atoms with Crippen LogP contribution in [0.2, 0.25) is 0 Å². The quantitative estimate of drug-likeness (QED) is 0.0514. The number of nitrogen functional groups attached to an aromatic ring is 2. The summed E-state index contributed by atoms with van der Waals surface area (Å²) in [6.07, 6.45) is 0. The zero-order chi connectivity index (χ0) is 47.6. The van der Waals surface area contributed by atoms with Crippen LogP contribution in [0.5, 0.6) is 5.75 Å². The number of ether oxygens (including phenoxy) is 1. The first-order valence-electron chi connectivity index (χ1n) is 20.2. The fraction of sp³-hybridized carbons (Fsp3) is 0.0833. The molecule has 0 radical (unpaired) electrons. The van der Waals surface area contributed by atoms with E-state index in [4.69, 9.17) is 16.2 Å². The van der Waals surface area contributed by atoms with Crippen molar-refractivity contribution in [3.8, 4) is 16.9 Å². The Labute approximate surface area is 384 Å². The van der Waals surface area contributed by atoms with E-state index in [-0.39, 0.29) is 22.3 Å². The second-order valence-corrected chi connectivity index (χ2v) is 18.1. The highest BCUT2D eigenvalue weighted by Gasteiger charge is 2.19. The van der Waals surface area contributed by atoms with E-state index < -0.39 is 30.0 Å². The molecule has 0 aliphatic heterocycles. The van der Waals surface area contributed by atoms with E-state index in [0.29, 0.717) is 62.2 Å². The van der Waals surface area contributed by atoms with Crippen LogP contribution in [0.4, 0.5) is 56.9 Å². The number of rotatable bonds is 12. The monoisotopic (exact) mass is 932 g/mol. The summed E-state index contributed by atoms with van der Waals surface area (Å²) in [7, 11) is -7.86. The molecule has 0 aliphatic carbocycles. The first kappa shape index (κ1) is 45.5. The molecule has 6 N–H and O–H groups in total. The van der Waals surface area contributed by atoms with Gasteiger partial charge in [-0.25, -0.2) is 0 Å². The second kappa shape index (κ2) is 18.4. The number of aryl methyl sites for hydroxylation is 3. The molecule has 67 heavy (non-hydrogen) atoms. The fourth-order valence-electron chi connectivity index (χ4n) is 7.16. The van der Waals surface area contributed by atoms with Gasteiger partial charge in [0.1, 0.15) is 10.6 Å². The maximum absolute atomic E-state index is 12.8. The number of fused-ring (bicyclic) bond motifs is 2. The Morgan fingerprint density at radius 3 is 1.51 bits per heavy atom. The molecule has 0 bridgehead atoms. The van der Waals surface area contributed by atoms with Crippen molar-refractivity contribution in [3.63, 3.8) is 0 Å². The molecule has 336 valence electrons. The number of benzene rings is 8. The summed E-state index contributed by atoms with van der Waals surface area (Å²) in [5.74, 6) is 0.503. The highest BCUT2D eigenvalue weighted by molar-refractivity contribution is 7.86. The van der Waals surface area contributed by atoms with Crippen LogP contribution in [0.25, 0.3) is 32.7 Å². The molecule has 0 amide bonds. The van der Waals surface area contributed by atoms with Gasteiger partial charge in [-0.15, -0.1) is 20.5 Å². The molecule has 19 heteroatoms. The Balaban J connectivity index is 1.06. The van der Waals surface area contributed by atoms with Crippen molar-refractivity contribution >= 4 is 98.7 Å². The third-order valence-corrected chi connectivity index (χ3v) is 12.5. The van der Waals surface area contributed by atoms with Crippen molar-refractivity contribution in [3.05, 3.63) is 150 Å². The van der Waals surface area contributed by atoms with Crippen LogP contribution in [-0.2, 0) is 20.2 Å². The first-order chi connectivity index (χ1) is 32.0. The number of nitrogens with zero attached hydrogens (tertiary/aromatic N) is 8. The lowest BCUT2D eigenvalue weighted by molar-refractivity contribution is 0.417. The molecule has 0 fully saturated rings. The van der Waals surface area contributed by atoms with Crippen molar-refractivity contribution in [1.29, 1.82) is 0 Å². The molecule has 0 unspecified atom stereocenters. The first-order valence-corrected chi connectivity index (χ1v) is 23.1. The summed E-state index contributed by atoms with van der Waals surface area (Å²) < 4.78 is 75.3. The summed E-state index contributed by atoms with van der Waals surface area (Å²) in [5, 5.41) is 37.5. The molecule has 0 aromatic heterocycles. The third kappa shape index (κ3) is 9.94. The normalized spacial score (nSPS) is 12.4. The van der Waals surface area contributed by atoms with Gasteiger partial charge in [0.15, 0.2) is 0 Å². The number of hydrogen-bond acceptors (Lipinski definition) is 15. The highest BCUT2D eigenvalue weighted by atomic mass is 32.2. The van der Waals surface area contributed by atoms with E-state index in [9.17, 15) is 25.9 Å². The van der Waals surface area contributed by atoms with Gasteiger partial charge in [0.05, 0.1) is 63.2 Å².